The van der Waals surface area contributed by atoms with Gasteiger partial charge in [0.25, 0.3) is 0 Å². The molecule has 15 heteroatoms. The van der Waals surface area contributed by atoms with Gasteiger partial charge in [-0.05, 0) is 80.2 Å². The third-order valence-electron chi connectivity index (χ3n) is 7.22. The Morgan fingerprint density at radius 2 is 1.02 bits per heavy atom. The molecule has 0 aliphatic carbocycles. The first-order valence-corrected chi connectivity index (χ1v) is 20.3. The van der Waals surface area contributed by atoms with Crippen LogP contribution in [-0.2, 0) is 36.1 Å². The highest BCUT2D eigenvalue weighted by Crippen LogP contribution is 2.35. The minimum Gasteiger partial charge on any atom is -0.395 e. The Bertz CT molecular complexity index is 682. The van der Waals surface area contributed by atoms with Gasteiger partial charge in [-0.15, -0.1) is 0 Å². The molecule has 0 aromatic carbocycles. The Hall–Kier alpha value is -0.986. The molecule has 0 aromatic heterocycles. The number of carbonyl (C=O) groups excluding carboxylic acids is 2. The maximum absolute atomic E-state index is 14.0. The Kier molecular flexibility index (Phi) is 24.6. The third kappa shape index (κ3) is 15.1. The van der Waals surface area contributed by atoms with E-state index in [0.717, 1.165) is 0 Å². The average molecular weight is 670 g/mol. The van der Waals surface area contributed by atoms with Crippen molar-refractivity contribution in [1.29, 1.82) is 0 Å². The van der Waals surface area contributed by atoms with Crippen molar-refractivity contribution in [2.24, 2.45) is 5.41 Å². The summed E-state index contributed by atoms with van der Waals surface area (Å²) in [7, 11) is -4.44. The molecule has 44 heavy (non-hydrogen) atoms. The highest BCUT2D eigenvalue weighted by molar-refractivity contribution is 6.61. The van der Waals surface area contributed by atoms with E-state index in [-0.39, 0.29) is 37.9 Å². The maximum Gasteiger partial charge on any atom is 0.500 e. The molecule has 0 heterocycles. The van der Waals surface area contributed by atoms with E-state index in [0.29, 0.717) is 97.2 Å². The zero-order valence-corrected chi connectivity index (χ0v) is 30.5. The summed E-state index contributed by atoms with van der Waals surface area (Å²) in [5.41, 5.74) is -1.36. The summed E-state index contributed by atoms with van der Waals surface area (Å²) >= 11 is 0. The molecule has 262 valence electrons. The number of aliphatic hydroxyl groups excluding tert-OH is 2. The predicted molar refractivity (Wildman–Crippen MR) is 174 cm³/mol. The van der Waals surface area contributed by atoms with Crippen LogP contribution in [-0.4, -0.2) is 131 Å². The molecule has 0 atom stereocenters. The molecule has 2 amide bonds. The van der Waals surface area contributed by atoms with Crippen LogP contribution in [0.15, 0.2) is 0 Å². The van der Waals surface area contributed by atoms with Crippen LogP contribution in [0.2, 0.25) is 12.1 Å². The number of nitrogens with zero attached hydrogens (tertiary/aromatic N) is 1. The summed E-state index contributed by atoms with van der Waals surface area (Å²) in [6.45, 7) is 15.8. The molecule has 0 rings (SSSR count). The lowest BCUT2D eigenvalue weighted by atomic mass is 9.77. The Morgan fingerprint density at radius 3 is 1.34 bits per heavy atom. The van der Waals surface area contributed by atoms with Crippen molar-refractivity contribution in [3.05, 3.63) is 0 Å². The molecular weight excluding hydrogens is 607 g/mol. The van der Waals surface area contributed by atoms with Crippen molar-refractivity contribution in [3.8, 4) is 0 Å². The lowest BCUT2D eigenvalue weighted by Crippen LogP contribution is -2.52. The summed E-state index contributed by atoms with van der Waals surface area (Å²) in [5, 5.41) is 24.4. The Labute approximate surface area is 268 Å². The molecule has 13 nitrogen and oxygen atoms in total. The summed E-state index contributed by atoms with van der Waals surface area (Å²) in [4.78, 5) is 29.6. The number of hydrogen-bond donors (Lipinski definition) is 4. The zero-order chi connectivity index (χ0) is 33.3. The van der Waals surface area contributed by atoms with E-state index in [2.05, 4.69) is 10.6 Å². The second kappa shape index (κ2) is 25.1. The molecule has 0 aromatic rings. The van der Waals surface area contributed by atoms with Gasteiger partial charge in [-0.2, -0.15) is 0 Å². The van der Waals surface area contributed by atoms with E-state index < -0.39 is 23.0 Å². The van der Waals surface area contributed by atoms with E-state index in [1.807, 2.05) is 46.4 Å². The molecule has 0 bridgehead atoms. The first kappa shape index (κ1) is 43.0. The van der Waals surface area contributed by atoms with E-state index in [1.54, 1.807) is 7.05 Å². The van der Waals surface area contributed by atoms with Crippen LogP contribution in [0.3, 0.4) is 0 Å². The van der Waals surface area contributed by atoms with Crippen LogP contribution in [0.25, 0.3) is 0 Å². The fourth-order valence-electron chi connectivity index (χ4n) is 5.43. The Morgan fingerprint density at radius 1 is 0.636 bits per heavy atom. The van der Waals surface area contributed by atoms with Crippen molar-refractivity contribution in [2.75, 3.05) is 86.1 Å². The van der Waals surface area contributed by atoms with E-state index in [1.165, 1.54) is 0 Å². The topological polar surface area (TPSA) is 157 Å². The zero-order valence-electron chi connectivity index (χ0n) is 28.5. The third-order valence-corrected chi connectivity index (χ3v) is 13.5. The lowest BCUT2D eigenvalue weighted by molar-refractivity contribution is -0.144. The van der Waals surface area contributed by atoms with Crippen LogP contribution in [0.5, 0.6) is 0 Å². The SMILES string of the molecule is CCO[Si](CCCC(CCC[Si](OCC)(OCC)OCC)(C(=O)NC)C(=O)NCCCN(CCO)CCO)(OCC)OCC. The molecule has 4 N–H and O–H groups in total. The molecule has 0 unspecified atom stereocenters. The second-order valence-corrected chi connectivity index (χ2v) is 15.7. The summed E-state index contributed by atoms with van der Waals surface area (Å²) in [6.07, 6.45) is 2.11. The maximum atomic E-state index is 14.0. The molecular formula is C29H63N3O10Si2. The van der Waals surface area contributed by atoms with Crippen LogP contribution < -0.4 is 10.6 Å². The summed E-state index contributed by atoms with van der Waals surface area (Å²) in [6, 6.07) is 0.947. The molecule has 0 saturated heterocycles. The molecule has 0 aliphatic rings. The fourth-order valence-corrected chi connectivity index (χ4v) is 10.7. The molecule has 0 spiro atoms. The molecule has 0 aliphatic heterocycles. The van der Waals surface area contributed by atoms with Gasteiger partial charge in [0, 0.05) is 78.4 Å². The van der Waals surface area contributed by atoms with Gasteiger partial charge < -0.3 is 47.4 Å². The van der Waals surface area contributed by atoms with E-state index in [4.69, 9.17) is 26.6 Å². The van der Waals surface area contributed by atoms with Gasteiger partial charge in [0.05, 0.1) is 13.2 Å². The lowest BCUT2D eigenvalue weighted by Gasteiger charge is -2.34. The Balaban J connectivity index is 6.11. The van der Waals surface area contributed by atoms with E-state index >= 15 is 0 Å². The van der Waals surface area contributed by atoms with Crippen molar-refractivity contribution < 1.29 is 46.4 Å². The minimum atomic E-state index is -2.99. The smallest absolute Gasteiger partial charge is 0.395 e. The van der Waals surface area contributed by atoms with Crippen molar-refractivity contribution in [1.82, 2.24) is 15.5 Å². The summed E-state index contributed by atoms with van der Waals surface area (Å²) < 4.78 is 36.2. The number of aliphatic hydroxyl groups is 2. The first-order valence-electron chi connectivity index (χ1n) is 16.5. The van der Waals surface area contributed by atoms with Gasteiger partial charge in [-0.25, -0.2) is 0 Å². The van der Waals surface area contributed by atoms with Crippen LogP contribution in [0, 0.1) is 5.41 Å². The normalized spacial score (nSPS) is 12.6. The largest absolute Gasteiger partial charge is 0.500 e. The van der Waals surface area contributed by atoms with Gasteiger partial charge in [-0.1, -0.05) is 0 Å². The molecule has 0 radical (unpaired) electrons. The number of nitrogens with one attached hydrogen (secondary N) is 2. The monoisotopic (exact) mass is 669 g/mol. The molecule has 0 fully saturated rings. The van der Waals surface area contributed by atoms with Gasteiger partial charge in [0.15, 0.2) is 0 Å². The summed E-state index contributed by atoms with van der Waals surface area (Å²) in [5.74, 6) is -0.703. The van der Waals surface area contributed by atoms with E-state index in [9.17, 15) is 19.8 Å². The quantitative estimate of drug-likeness (QED) is 0.0505. The first-order chi connectivity index (χ1) is 21.2. The predicted octanol–water partition coefficient (Wildman–Crippen LogP) is 2.17. The number of hydrogen-bond acceptors (Lipinski definition) is 11. The number of carbonyl (C=O) groups is 2. The average Bonchev–Trinajstić information content (AvgIpc) is 2.99. The van der Waals surface area contributed by atoms with Crippen LogP contribution in [0.1, 0.15) is 73.6 Å². The highest BCUT2D eigenvalue weighted by Gasteiger charge is 2.48. The minimum absolute atomic E-state index is 0.0157. The van der Waals surface area contributed by atoms with Gasteiger partial charge in [-0.3, -0.25) is 14.5 Å². The number of rotatable bonds is 30. The van der Waals surface area contributed by atoms with Crippen LogP contribution in [0.4, 0.5) is 0 Å². The second-order valence-electron chi connectivity index (χ2n) is 10.2. The van der Waals surface area contributed by atoms with Gasteiger partial charge >= 0.3 is 17.6 Å². The van der Waals surface area contributed by atoms with Crippen molar-refractivity contribution in [3.63, 3.8) is 0 Å². The fraction of sp³-hybridized carbons (Fsp3) is 0.931. The van der Waals surface area contributed by atoms with Crippen LogP contribution >= 0.6 is 0 Å². The number of amides is 2. The van der Waals surface area contributed by atoms with Crippen molar-refractivity contribution in [2.45, 2.75) is 85.7 Å². The van der Waals surface area contributed by atoms with Gasteiger partial charge in [0.2, 0.25) is 11.8 Å². The highest BCUT2D eigenvalue weighted by atomic mass is 28.4. The standard InChI is InChI=1S/C29H63N3O10Si2/c1-8-37-43(38-9-2,39-10-3)25-14-17-29(27(35)30-7,18-15-26-44(40-11-4,41-12-5)42-13-6)28(36)31-19-16-20-32(21-23-33)22-24-34/h33-34H,8-26H2,1-7H3,(H,30,35)(H,31,36). The van der Waals surface area contributed by atoms with Crippen molar-refractivity contribution >= 4 is 29.4 Å². The molecule has 0 saturated carbocycles. The van der Waals surface area contributed by atoms with Gasteiger partial charge in [0.1, 0.15) is 5.41 Å².